The average Bonchev–Trinajstić information content (AvgIpc) is 2.47. The summed E-state index contributed by atoms with van der Waals surface area (Å²) in [5.41, 5.74) is 0.811. The van der Waals surface area contributed by atoms with Crippen molar-refractivity contribution < 1.29 is 22.7 Å². The first-order chi connectivity index (χ1) is 9.88. The lowest BCUT2D eigenvalue weighted by Gasteiger charge is -2.30. The predicted octanol–water partition coefficient (Wildman–Crippen LogP) is 4.45. The zero-order chi connectivity index (χ0) is 15.5. The predicted molar refractivity (Wildman–Crippen MR) is 72.8 cm³/mol. The minimum Gasteiger partial charge on any atom is -0.462 e. The molecule has 116 valence electrons. The van der Waals surface area contributed by atoms with Gasteiger partial charge in [-0.1, -0.05) is 30.3 Å². The highest BCUT2D eigenvalue weighted by Crippen LogP contribution is 2.38. The third-order valence-corrected chi connectivity index (χ3v) is 4.02. The second kappa shape index (κ2) is 6.50. The molecular formula is C16H19F3O2. The fourth-order valence-corrected chi connectivity index (χ4v) is 2.69. The molecule has 2 nitrogen and oxygen atoms in total. The van der Waals surface area contributed by atoms with Crippen LogP contribution in [-0.2, 0) is 9.53 Å². The van der Waals surface area contributed by atoms with Gasteiger partial charge >= 0.3 is 12.1 Å². The van der Waals surface area contributed by atoms with Crippen molar-refractivity contribution in [2.45, 2.75) is 50.8 Å². The van der Waals surface area contributed by atoms with Crippen molar-refractivity contribution in [3.8, 4) is 0 Å². The van der Waals surface area contributed by atoms with Crippen molar-refractivity contribution >= 4 is 5.97 Å². The quantitative estimate of drug-likeness (QED) is 0.771. The first-order valence-electron chi connectivity index (χ1n) is 7.20. The van der Waals surface area contributed by atoms with Gasteiger partial charge in [0.2, 0.25) is 0 Å². The lowest BCUT2D eigenvalue weighted by Crippen LogP contribution is -2.34. The largest absolute Gasteiger partial charge is 0.462 e. The van der Waals surface area contributed by atoms with Gasteiger partial charge in [-0.2, -0.15) is 13.2 Å². The molecule has 0 amide bonds. The van der Waals surface area contributed by atoms with Gasteiger partial charge in [-0.15, -0.1) is 0 Å². The van der Waals surface area contributed by atoms with E-state index in [2.05, 4.69) is 0 Å². The summed E-state index contributed by atoms with van der Waals surface area (Å²) >= 11 is 0. The summed E-state index contributed by atoms with van der Waals surface area (Å²) in [5.74, 6) is -2.26. The summed E-state index contributed by atoms with van der Waals surface area (Å²) < 4.78 is 43.5. The van der Waals surface area contributed by atoms with E-state index in [9.17, 15) is 18.0 Å². The fourth-order valence-electron chi connectivity index (χ4n) is 2.69. The maximum absolute atomic E-state index is 12.7. The second-order valence-corrected chi connectivity index (χ2v) is 5.60. The minimum atomic E-state index is -4.20. The van der Waals surface area contributed by atoms with Gasteiger partial charge in [0.05, 0.1) is 11.8 Å². The summed E-state index contributed by atoms with van der Waals surface area (Å²) in [6.07, 6.45) is -3.84. The summed E-state index contributed by atoms with van der Waals surface area (Å²) in [5, 5.41) is 0. The zero-order valence-electron chi connectivity index (χ0n) is 11.9. The van der Waals surface area contributed by atoms with E-state index in [-0.39, 0.29) is 12.8 Å². The average molecular weight is 300 g/mol. The number of hydrogen-bond acceptors (Lipinski definition) is 2. The smallest absolute Gasteiger partial charge is 0.391 e. The van der Waals surface area contributed by atoms with E-state index >= 15 is 0 Å². The van der Waals surface area contributed by atoms with Crippen LogP contribution in [0.1, 0.15) is 44.1 Å². The van der Waals surface area contributed by atoms with E-state index < -0.39 is 30.1 Å². The van der Waals surface area contributed by atoms with E-state index in [1.54, 1.807) is 6.92 Å². The summed E-state index contributed by atoms with van der Waals surface area (Å²) in [7, 11) is 0. The van der Waals surface area contributed by atoms with E-state index in [1.165, 1.54) is 0 Å². The molecule has 1 aromatic carbocycles. The van der Waals surface area contributed by atoms with E-state index in [0.717, 1.165) is 5.56 Å². The highest BCUT2D eigenvalue weighted by molar-refractivity contribution is 5.77. The van der Waals surface area contributed by atoms with Crippen LogP contribution >= 0.6 is 0 Å². The number of carbonyl (C=O) groups is 1. The van der Waals surface area contributed by atoms with Gasteiger partial charge in [0.1, 0.15) is 6.10 Å². The maximum atomic E-state index is 12.7. The Morgan fingerprint density at radius 2 is 1.90 bits per heavy atom. The number of ether oxygens (including phenoxy) is 1. The van der Waals surface area contributed by atoms with E-state index in [0.29, 0.717) is 12.8 Å². The van der Waals surface area contributed by atoms with Gasteiger partial charge in [-0.25, -0.2) is 0 Å². The van der Waals surface area contributed by atoms with Crippen molar-refractivity contribution in [2.75, 3.05) is 0 Å². The standard InChI is InChI=1S/C16H19F3O2/c1-11(12-6-3-2-4-7-12)15(20)21-14-9-5-8-13(10-14)16(17,18)19/h2-4,6-7,11,13-14H,5,8-10H2,1H3/t11-,13+,14-/m1/s1. The number of esters is 1. The van der Waals surface area contributed by atoms with Crippen LogP contribution in [0.3, 0.4) is 0 Å². The zero-order valence-corrected chi connectivity index (χ0v) is 11.9. The topological polar surface area (TPSA) is 26.3 Å². The van der Waals surface area contributed by atoms with Gasteiger partial charge in [-0.05, 0) is 38.2 Å². The molecule has 0 aliphatic heterocycles. The van der Waals surface area contributed by atoms with Crippen LogP contribution < -0.4 is 0 Å². The molecule has 0 spiro atoms. The fraction of sp³-hybridized carbons (Fsp3) is 0.562. The Balaban J connectivity index is 1.93. The Morgan fingerprint density at radius 3 is 2.52 bits per heavy atom. The second-order valence-electron chi connectivity index (χ2n) is 5.60. The summed E-state index contributed by atoms with van der Waals surface area (Å²) in [4.78, 5) is 12.1. The van der Waals surface area contributed by atoms with Crippen molar-refractivity contribution in [1.82, 2.24) is 0 Å². The Kier molecular flexibility index (Phi) is 4.91. The molecule has 0 bridgehead atoms. The van der Waals surface area contributed by atoms with Crippen molar-refractivity contribution in [2.24, 2.45) is 5.92 Å². The first kappa shape index (κ1) is 15.9. The van der Waals surface area contributed by atoms with E-state index in [4.69, 9.17) is 4.74 Å². The molecule has 21 heavy (non-hydrogen) atoms. The number of carbonyl (C=O) groups excluding carboxylic acids is 1. The number of halogens is 3. The number of rotatable bonds is 3. The molecule has 1 aromatic rings. The third kappa shape index (κ3) is 4.22. The van der Waals surface area contributed by atoms with E-state index in [1.807, 2.05) is 30.3 Å². The molecule has 0 saturated heterocycles. The van der Waals surface area contributed by atoms with Crippen molar-refractivity contribution in [3.63, 3.8) is 0 Å². The van der Waals surface area contributed by atoms with Gasteiger partial charge < -0.3 is 4.74 Å². The molecule has 0 unspecified atom stereocenters. The minimum absolute atomic E-state index is 0.114. The van der Waals surface area contributed by atoms with Gasteiger partial charge in [0.15, 0.2) is 0 Å². The Bertz CT molecular complexity index is 470. The van der Waals surface area contributed by atoms with Crippen molar-refractivity contribution in [1.29, 1.82) is 0 Å². The molecule has 2 rings (SSSR count). The molecule has 0 N–H and O–H groups in total. The summed E-state index contributed by atoms with van der Waals surface area (Å²) in [6.45, 7) is 1.71. The Hall–Kier alpha value is -1.52. The molecule has 1 aliphatic rings. The van der Waals surface area contributed by atoms with Crippen LogP contribution in [0.4, 0.5) is 13.2 Å². The van der Waals surface area contributed by atoms with Crippen LogP contribution in [0.25, 0.3) is 0 Å². The lowest BCUT2D eigenvalue weighted by molar-refractivity contribution is -0.194. The Labute approximate surface area is 122 Å². The normalized spacial score (nSPS) is 24.4. The number of alkyl halides is 3. The molecule has 5 heteroatoms. The molecular weight excluding hydrogens is 281 g/mol. The monoisotopic (exact) mass is 300 g/mol. The maximum Gasteiger partial charge on any atom is 0.391 e. The van der Waals surface area contributed by atoms with Gasteiger partial charge in [0.25, 0.3) is 0 Å². The van der Waals surface area contributed by atoms with Crippen LogP contribution in [0, 0.1) is 5.92 Å². The van der Waals surface area contributed by atoms with Crippen LogP contribution in [0.15, 0.2) is 30.3 Å². The number of benzene rings is 1. The molecule has 1 saturated carbocycles. The third-order valence-electron chi connectivity index (χ3n) is 4.02. The van der Waals surface area contributed by atoms with Crippen LogP contribution in [-0.4, -0.2) is 18.2 Å². The highest BCUT2D eigenvalue weighted by atomic mass is 19.4. The first-order valence-corrected chi connectivity index (χ1v) is 7.20. The van der Waals surface area contributed by atoms with Crippen molar-refractivity contribution in [3.05, 3.63) is 35.9 Å². The number of hydrogen-bond donors (Lipinski definition) is 0. The molecule has 1 aliphatic carbocycles. The van der Waals surface area contributed by atoms with Gasteiger partial charge in [0, 0.05) is 0 Å². The molecule has 0 radical (unpaired) electrons. The van der Waals surface area contributed by atoms with Crippen LogP contribution in [0.5, 0.6) is 0 Å². The summed E-state index contributed by atoms with van der Waals surface area (Å²) in [6, 6.07) is 9.10. The van der Waals surface area contributed by atoms with Crippen LogP contribution in [0.2, 0.25) is 0 Å². The Morgan fingerprint density at radius 1 is 1.24 bits per heavy atom. The molecule has 3 atom stereocenters. The molecule has 1 fully saturated rings. The lowest BCUT2D eigenvalue weighted by atomic mass is 9.86. The molecule has 0 aromatic heterocycles. The van der Waals surface area contributed by atoms with Gasteiger partial charge in [-0.3, -0.25) is 4.79 Å². The SMILES string of the molecule is C[C@@H](C(=O)O[C@@H]1CCC[C@H](C(F)(F)F)C1)c1ccccc1. The highest BCUT2D eigenvalue weighted by Gasteiger charge is 2.43. The molecule has 0 heterocycles.